The van der Waals surface area contributed by atoms with Crippen molar-refractivity contribution in [2.24, 2.45) is 4.99 Å². The quantitative estimate of drug-likeness (QED) is 0.681. The maximum Gasteiger partial charge on any atom is 0.139 e. The molecule has 0 unspecified atom stereocenters. The van der Waals surface area contributed by atoms with Gasteiger partial charge >= 0.3 is 0 Å². The lowest BCUT2D eigenvalue weighted by atomic mass is 10.0. The summed E-state index contributed by atoms with van der Waals surface area (Å²) in [6.45, 7) is 1.04. The van der Waals surface area contributed by atoms with Crippen LogP contribution in [0.15, 0.2) is 60.0 Å². The highest BCUT2D eigenvalue weighted by atomic mass is 35.5. The largest absolute Gasteiger partial charge is 0.338 e. The fourth-order valence-corrected chi connectivity index (χ4v) is 3.70. The Morgan fingerprint density at radius 1 is 1.17 bits per heavy atom. The lowest BCUT2D eigenvalue weighted by Crippen LogP contribution is -2.39. The van der Waals surface area contributed by atoms with E-state index in [1.807, 2.05) is 23.2 Å². The van der Waals surface area contributed by atoms with Crippen LogP contribution in [0.1, 0.15) is 16.7 Å². The molecule has 5 rings (SSSR count). The topological polar surface area (TPSA) is 65.4 Å². The van der Waals surface area contributed by atoms with Crippen molar-refractivity contribution in [1.29, 1.82) is 0 Å². The number of nitrogens with one attached hydrogen (secondary N) is 2. The second-order valence-electron chi connectivity index (χ2n) is 6.72. The Morgan fingerprint density at radius 2 is 2.10 bits per heavy atom. The van der Waals surface area contributed by atoms with Crippen molar-refractivity contribution in [3.05, 3.63) is 82.5 Å². The minimum Gasteiger partial charge on any atom is -0.338 e. The summed E-state index contributed by atoms with van der Waals surface area (Å²) in [5.74, 6) is 0.403. The van der Waals surface area contributed by atoms with Crippen LogP contribution >= 0.6 is 11.6 Å². The molecular weight excluding hydrogens is 391 g/mol. The highest BCUT2D eigenvalue weighted by Gasteiger charge is 2.25. The van der Waals surface area contributed by atoms with Crippen LogP contribution in [-0.2, 0) is 6.54 Å². The minimum absolute atomic E-state index is 0.350. The number of rotatable bonds is 3. The number of hydrogen-bond acceptors (Lipinski definition) is 6. The third-order valence-electron chi connectivity index (χ3n) is 4.89. The fraction of sp³-hybridized carbons (Fsp3) is 0.0952. The van der Waals surface area contributed by atoms with Gasteiger partial charge in [-0.25, -0.2) is 19.8 Å². The minimum atomic E-state index is -0.350. The zero-order valence-electron chi connectivity index (χ0n) is 15.2. The van der Waals surface area contributed by atoms with E-state index in [0.29, 0.717) is 18.1 Å². The molecule has 0 radical (unpaired) electrons. The van der Waals surface area contributed by atoms with Crippen LogP contribution in [0.25, 0.3) is 11.3 Å². The smallest absolute Gasteiger partial charge is 0.139 e. The molecule has 0 saturated carbocycles. The van der Waals surface area contributed by atoms with E-state index in [0.717, 1.165) is 39.5 Å². The molecule has 3 aromatic rings. The molecule has 2 aromatic heterocycles. The summed E-state index contributed by atoms with van der Waals surface area (Å²) in [6.07, 6.45) is 7.06. The first-order valence-electron chi connectivity index (χ1n) is 9.07. The molecule has 8 heteroatoms. The number of fused-ring (bicyclic) bond motifs is 4. The van der Waals surface area contributed by atoms with Gasteiger partial charge in [0.25, 0.3) is 0 Å². The number of halogens is 2. The number of hydrazine groups is 1. The van der Waals surface area contributed by atoms with E-state index in [1.165, 1.54) is 12.1 Å². The average Bonchev–Trinajstić information content (AvgIpc) is 2.87. The van der Waals surface area contributed by atoms with E-state index in [1.54, 1.807) is 31.0 Å². The maximum atomic E-state index is 13.3. The number of pyridine rings is 2. The molecule has 0 fully saturated rings. The van der Waals surface area contributed by atoms with Gasteiger partial charge < -0.3 is 5.32 Å². The zero-order valence-corrected chi connectivity index (χ0v) is 16.0. The van der Waals surface area contributed by atoms with E-state index in [-0.39, 0.29) is 5.82 Å². The number of nitrogens with zero attached hydrogens (tertiary/aromatic N) is 4. The normalized spacial score (nSPS) is 14.6. The molecule has 1 aromatic carbocycles. The summed E-state index contributed by atoms with van der Waals surface area (Å²) in [5.41, 5.74) is 8.89. The van der Waals surface area contributed by atoms with Gasteiger partial charge in [-0.2, -0.15) is 0 Å². The van der Waals surface area contributed by atoms with Crippen molar-refractivity contribution in [2.75, 3.05) is 11.9 Å². The van der Waals surface area contributed by atoms with Gasteiger partial charge in [-0.3, -0.25) is 9.99 Å². The van der Waals surface area contributed by atoms with E-state index in [9.17, 15) is 4.39 Å². The Bertz CT molecular complexity index is 1160. The second-order valence-corrected chi connectivity index (χ2v) is 7.12. The first-order valence-corrected chi connectivity index (χ1v) is 9.45. The molecule has 2 aliphatic rings. The van der Waals surface area contributed by atoms with E-state index in [4.69, 9.17) is 16.6 Å². The van der Waals surface area contributed by atoms with Gasteiger partial charge in [-0.1, -0.05) is 17.7 Å². The van der Waals surface area contributed by atoms with Crippen molar-refractivity contribution in [2.45, 2.75) is 6.54 Å². The molecule has 144 valence electrons. The van der Waals surface area contributed by atoms with Gasteiger partial charge in [0, 0.05) is 40.7 Å². The van der Waals surface area contributed by atoms with Crippen molar-refractivity contribution in [3.63, 3.8) is 0 Å². The Labute approximate surface area is 171 Å². The molecule has 4 heterocycles. The Balaban J connectivity index is 1.46. The summed E-state index contributed by atoms with van der Waals surface area (Å²) in [4.78, 5) is 13.4. The molecule has 2 aliphatic heterocycles. The van der Waals surface area contributed by atoms with Gasteiger partial charge in [0.05, 0.1) is 24.1 Å². The third kappa shape index (κ3) is 3.35. The maximum absolute atomic E-state index is 13.3. The standard InChI is InChI=1S/C21H16ClFN6/c22-18-8-14(23)4-3-13(18)9-27-29-11-17-15-5-7-24-10-19(15)28-21-16(2-1-6-25-21)20(17)26-12-29/h1-8,10,12,27H,9,11H2,(H,25,28). The molecular formula is C21H16ClFN6. The van der Waals surface area contributed by atoms with Crippen molar-refractivity contribution in [1.82, 2.24) is 20.4 Å². The predicted molar refractivity (Wildman–Crippen MR) is 112 cm³/mol. The summed E-state index contributed by atoms with van der Waals surface area (Å²) in [5, 5.41) is 5.65. The van der Waals surface area contributed by atoms with Gasteiger partial charge in [0.15, 0.2) is 0 Å². The molecule has 0 saturated heterocycles. The zero-order chi connectivity index (χ0) is 19.8. The van der Waals surface area contributed by atoms with Crippen molar-refractivity contribution < 1.29 is 4.39 Å². The fourth-order valence-electron chi connectivity index (χ4n) is 3.47. The summed E-state index contributed by atoms with van der Waals surface area (Å²) >= 11 is 6.14. The van der Waals surface area contributed by atoms with E-state index >= 15 is 0 Å². The van der Waals surface area contributed by atoms with Gasteiger partial charge in [0.1, 0.15) is 18.0 Å². The molecule has 0 atom stereocenters. The SMILES string of the molecule is Fc1ccc(CNN2C=NC3=C(C2)c2ccncc2Nc2ncccc23)c(Cl)c1. The van der Waals surface area contributed by atoms with Crippen LogP contribution in [-0.4, -0.2) is 27.9 Å². The van der Waals surface area contributed by atoms with Crippen LogP contribution < -0.4 is 10.7 Å². The molecule has 29 heavy (non-hydrogen) atoms. The number of aliphatic imine (C=N–C) groups is 1. The molecule has 0 aliphatic carbocycles. The Hall–Kier alpha value is -3.29. The molecule has 6 nitrogen and oxygen atoms in total. The van der Waals surface area contributed by atoms with Crippen molar-refractivity contribution >= 4 is 40.7 Å². The molecule has 2 N–H and O–H groups in total. The Morgan fingerprint density at radius 3 is 3.00 bits per heavy atom. The number of aromatic nitrogens is 2. The van der Waals surface area contributed by atoms with Crippen LogP contribution in [0.3, 0.4) is 0 Å². The highest BCUT2D eigenvalue weighted by molar-refractivity contribution is 6.31. The van der Waals surface area contributed by atoms with Gasteiger partial charge in [-0.05, 0) is 35.9 Å². The van der Waals surface area contributed by atoms with Crippen LogP contribution in [0.2, 0.25) is 5.02 Å². The number of hydrogen-bond donors (Lipinski definition) is 2. The summed E-state index contributed by atoms with van der Waals surface area (Å²) in [6, 6.07) is 10.3. The summed E-state index contributed by atoms with van der Waals surface area (Å²) in [7, 11) is 0. The van der Waals surface area contributed by atoms with Crippen LogP contribution in [0.4, 0.5) is 15.9 Å². The number of benzene rings is 1. The highest BCUT2D eigenvalue weighted by Crippen LogP contribution is 2.40. The van der Waals surface area contributed by atoms with Gasteiger partial charge in [0.2, 0.25) is 0 Å². The summed E-state index contributed by atoms with van der Waals surface area (Å²) < 4.78 is 13.3. The first-order chi connectivity index (χ1) is 14.2. The monoisotopic (exact) mass is 406 g/mol. The molecule has 0 bridgehead atoms. The molecule has 0 spiro atoms. The first kappa shape index (κ1) is 17.8. The lowest BCUT2D eigenvalue weighted by molar-refractivity contribution is 0.344. The Kier molecular flexibility index (Phi) is 4.46. The van der Waals surface area contributed by atoms with E-state index in [2.05, 4.69) is 20.7 Å². The third-order valence-corrected chi connectivity index (χ3v) is 5.24. The van der Waals surface area contributed by atoms with Crippen molar-refractivity contribution in [3.8, 4) is 0 Å². The number of anilines is 2. The van der Waals surface area contributed by atoms with Crippen LogP contribution in [0.5, 0.6) is 0 Å². The lowest BCUT2D eigenvalue weighted by Gasteiger charge is -2.27. The predicted octanol–water partition coefficient (Wildman–Crippen LogP) is 4.24. The van der Waals surface area contributed by atoms with Crippen LogP contribution in [0, 0.1) is 5.82 Å². The second kappa shape index (κ2) is 7.27. The molecule has 0 amide bonds. The average molecular weight is 407 g/mol. The van der Waals surface area contributed by atoms with Gasteiger partial charge in [-0.15, -0.1) is 0 Å². The van der Waals surface area contributed by atoms with E-state index < -0.39 is 0 Å².